The number of ether oxygens (including phenoxy) is 10. The second kappa shape index (κ2) is 49.1. The van der Waals surface area contributed by atoms with Crippen LogP contribution in [0.1, 0.15) is 198 Å². The lowest BCUT2D eigenvalue weighted by molar-refractivity contribution is 0.103. The molecule has 2 atom stereocenters. The maximum absolute atomic E-state index is 12.7. The van der Waals surface area contributed by atoms with E-state index in [2.05, 4.69) is 121 Å². The van der Waals surface area contributed by atoms with Crippen molar-refractivity contribution >= 4 is 91.3 Å². The van der Waals surface area contributed by atoms with Gasteiger partial charge in [-0.2, -0.15) is 81.4 Å². The second-order valence-electron chi connectivity index (χ2n) is 28.4. The molecule has 130 heavy (non-hydrogen) atoms. The molecule has 4 aliphatic carbocycles. The summed E-state index contributed by atoms with van der Waals surface area (Å²) in [6, 6.07) is 38.0. The van der Waals surface area contributed by atoms with Gasteiger partial charge in [-0.1, -0.05) is 70.1 Å². The van der Waals surface area contributed by atoms with E-state index in [1.807, 2.05) is 51.1 Å². The largest absolute Gasteiger partial charge is 0.481 e. The molecule has 2 unspecified atom stereocenters. The van der Waals surface area contributed by atoms with E-state index in [-0.39, 0.29) is 62.4 Å². The minimum atomic E-state index is -0.703. The topological polar surface area (TPSA) is 477 Å². The van der Waals surface area contributed by atoms with Gasteiger partial charge in [0.05, 0.1) is 152 Å². The highest BCUT2D eigenvalue weighted by atomic mass is 79.9. The summed E-state index contributed by atoms with van der Waals surface area (Å²) in [5.41, 5.74) is 11.4. The van der Waals surface area contributed by atoms with Gasteiger partial charge in [-0.25, -0.2) is 21.3 Å². The zero-order valence-corrected chi connectivity index (χ0v) is 78.5. The predicted molar refractivity (Wildman–Crippen MR) is 483 cm³/mol. The number of nitriles is 6. The van der Waals surface area contributed by atoms with Gasteiger partial charge in [0, 0.05) is 39.9 Å². The van der Waals surface area contributed by atoms with E-state index < -0.39 is 28.9 Å². The molecule has 0 spiro atoms. The average Bonchev–Trinajstić information content (AvgIpc) is 1.65. The molecule has 0 radical (unpaired) electrons. The Labute approximate surface area is 786 Å². The fourth-order valence-corrected chi connectivity index (χ4v) is 14.2. The number of ketones is 1. The van der Waals surface area contributed by atoms with Crippen LogP contribution >= 0.6 is 85.5 Å². The minimum Gasteiger partial charge on any atom is -0.481 e. The van der Waals surface area contributed by atoms with E-state index in [9.17, 15) is 35.4 Å². The van der Waals surface area contributed by atoms with Crippen LogP contribution in [0, 0.1) is 102 Å². The van der Waals surface area contributed by atoms with Gasteiger partial charge in [0.2, 0.25) is 47.0 Å². The van der Waals surface area contributed by atoms with Gasteiger partial charge >= 0.3 is 35.7 Å². The Hall–Kier alpha value is -13.6. The third-order valence-electron chi connectivity index (χ3n) is 18.7. The van der Waals surface area contributed by atoms with Gasteiger partial charge in [-0.3, -0.25) is 14.6 Å². The van der Waals surface area contributed by atoms with E-state index in [1.165, 1.54) is 68.0 Å². The molecule has 7 aromatic heterocycles. The monoisotopic (exact) mass is 1940 g/mol. The molecule has 4 aromatic carbocycles. The molecule has 41 heteroatoms. The summed E-state index contributed by atoms with van der Waals surface area (Å²) in [5, 5.41) is 57.4. The van der Waals surface area contributed by atoms with Crippen molar-refractivity contribution in [1.29, 1.82) is 31.6 Å². The first-order valence-corrected chi connectivity index (χ1v) is 42.0. The summed E-state index contributed by atoms with van der Waals surface area (Å²) in [6.45, 7) is 14.5. The molecule has 4 saturated carbocycles. The van der Waals surface area contributed by atoms with Crippen LogP contribution in [0.15, 0.2) is 99.0 Å². The maximum Gasteiger partial charge on any atom is 0.326 e. The standard InChI is InChI=1S/2C19H18N4O2.C16H13N3O3.C10H8N2.C9H11ClN2O2.C6H6BrClN2O2.C6H7ClN2O2.C4HCl3N2/c2*1-11-6-12(9-20)8-14(7-11)15(10-21)17-16(13-4-5-13)18(24-2)23-19(22-17)25-3;1-8-4-9(7-17)6-11(5-8)14(20)13-12(10-2-3-10)15(21)19-16(22)18-13;1-8-3-9(6-11)5-10(4-8)7-12-2;1-13-8-6(5-3-4-5)7(10)11-9(12-8)14-2;1-11-5-3(7)4(8)9-6(10-5)12-2;1-10-5-3-4(7)8-6(9-5)11-2;5-2-1-3(6)9-4(7)8-2/h2*6-8,13,15H,4-5H2,1-3H3;4-6,10H,2-3H2,1H3,(H2,18,19,21,22);3-5H,7H2,1H3;5H,3-4H2,1-2H3;1-2H3;3H,1-2H3;1H. The van der Waals surface area contributed by atoms with Crippen LogP contribution in [-0.4, -0.2) is 147 Å². The van der Waals surface area contributed by atoms with E-state index in [0.717, 1.165) is 107 Å². The molecule has 0 amide bonds. The number of benzene rings is 4. The third-order valence-corrected chi connectivity index (χ3v) is 21.0. The summed E-state index contributed by atoms with van der Waals surface area (Å²) in [5.74, 6) is 1.59. The van der Waals surface area contributed by atoms with Crippen LogP contribution in [0.5, 0.6) is 59.5 Å². The number of rotatable bonds is 21. The zero-order chi connectivity index (χ0) is 95.2. The molecule has 7 heterocycles. The Bertz CT molecular complexity index is 6170. The minimum absolute atomic E-state index is 0.0137. The second-order valence-corrected chi connectivity index (χ2v) is 31.4. The highest BCUT2D eigenvalue weighted by molar-refractivity contribution is 9.10. The number of nitrogens with zero attached hydrogens (tertiary/aromatic N) is 19. The molecule has 4 fully saturated rings. The number of hydrogen-bond acceptors (Lipinski definition) is 31. The number of aromatic nitrogens is 14. The number of nitrogens with one attached hydrogen (secondary N) is 2. The van der Waals surface area contributed by atoms with Crippen molar-refractivity contribution < 1.29 is 52.2 Å². The van der Waals surface area contributed by atoms with Gasteiger partial charge in [0.1, 0.15) is 36.9 Å². The lowest BCUT2D eigenvalue weighted by Crippen LogP contribution is -2.30. The van der Waals surface area contributed by atoms with E-state index in [4.69, 9.17) is 134 Å². The first-order valence-electron chi connectivity index (χ1n) is 38.9. The van der Waals surface area contributed by atoms with Crippen molar-refractivity contribution in [3.8, 4) is 95.9 Å². The average molecular weight is 1950 g/mol. The quantitative estimate of drug-likeness (QED) is 0.0292. The molecule has 0 saturated heterocycles. The highest BCUT2D eigenvalue weighted by Crippen LogP contribution is 2.51. The molecule has 2 N–H and O–H groups in total. The smallest absolute Gasteiger partial charge is 0.326 e. The van der Waals surface area contributed by atoms with Crippen molar-refractivity contribution in [3.63, 3.8) is 0 Å². The fourth-order valence-electron chi connectivity index (χ4n) is 12.6. The predicted octanol–water partition coefficient (Wildman–Crippen LogP) is 17.6. The molecule has 15 rings (SSSR count). The lowest BCUT2D eigenvalue weighted by Gasteiger charge is -2.17. The fraction of sp³-hybridized carbons (Fsp3) is 0.326. The number of carbonyl (C=O) groups is 1. The van der Waals surface area contributed by atoms with Crippen molar-refractivity contribution in [3.05, 3.63) is 259 Å². The molecule has 34 nitrogen and oxygen atoms in total. The van der Waals surface area contributed by atoms with Gasteiger partial charge in [-0.05, 0) is 224 Å². The Balaban J connectivity index is 0.000000188. The van der Waals surface area contributed by atoms with Crippen molar-refractivity contribution in [1.82, 2.24) is 69.8 Å². The van der Waals surface area contributed by atoms with Crippen LogP contribution in [-0.2, 0) is 6.54 Å². The molecule has 4 aliphatic rings. The molecule has 0 aliphatic heterocycles. The Morgan fingerprint density at radius 2 is 0.800 bits per heavy atom. The van der Waals surface area contributed by atoms with E-state index in [1.54, 1.807) is 70.7 Å². The van der Waals surface area contributed by atoms with Gasteiger partial charge in [0.15, 0.2) is 5.15 Å². The van der Waals surface area contributed by atoms with Crippen LogP contribution < -0.4 is 58.6 Å². The van der Waals surface area contributed by atoms with E-state index in [0.29, 0.717) is 113 Å². The molecular formula is C89H82BrCl6N21O13. The number of aromatic amines is 2. The summed E-state index contributed by atoms with van der Waals surface area (Å²) in [4.78, 5) is 92.1. The molecule has 11 aromatic rings. The number of methoxy groups -OCH3 is 10. The first-order chi connectivity index (χ1) is 62.3. The van der Waals surface area contributed by atoms with Crippen molar-refractivity contribution in [2.24, 2.45) is 0 Å². The van der Waals surface area contributed by atoms with Crippen LogP contribution in [0.25, 0.3) is 4.85 Å². The number of hydrogen-bond donors (Lipinski definition) is 2. The zero-order valence-electron chi connectivity index (χ0n) is 72.4. The number of halogens is 7. The number of aryl methyl sites for hydroxylation is 4. The summed E-state index contributed by atoms with van der Waals surface area (Å²) in [6.07, 6.45) is 8.00. The van der Waals surface area contributed by atoms with E-state index >= 15 is 0 Å². The third kappa shape index (κ3) is 28.9. The number of H-pyrrole nitrogens is 2. The highest BCUT2D eigenvalue weighted by Gasteiger charge is 2.38. The summed E-state index contributed by atoms with van der Waals surface area (Å²) < 4.78 is 51.1. The Kier molecular flexibility index (Phi) is 38.4. The first kappa shape index (κ1) is 102. The Morgan fingerprint density at radius 1 is 0.423 bits per heavy atom. The summed E-state index contributed by atoms with van der Waals surface area (Å²) >= 11 is 36.7. The van der Waals surface area contributed by atoms with Crippen LogP contribution in [0.4, 0.5) is 0 Å². The molecule has 0 bridgehead atoms. The molecule has 670 valence electrons. The lowest BCUT2D eigenvalue weighted by atomic mass is 9.90. The summed E-state index contributed by atoms with van der Waals surface area (Å²) in [7, 11) is 15.1. The SMILES string of the molecule is COc1cc(Cl)nc(OC)n1.COc1nc(Cl)c(Br)c(OC)n1.COc1nc(Cl)c(C2CC2)c(OC)n1.COc1nc(OC)c(C2CC2)c(C(C#N)c2cc(C)cc(C#N)c2)n1.COc1nc(OC)c(C2CC2)c(C(C#N)c2cc(C)cc(C#N)c2)n1.Cc1cc(C#N)cc(C(=O)c2[nH]c(=O)[nH]c(=O)c2C2CC2)c1.Clc1cc(Cl)nc(Cl)n1.[C-]#[N+]Cc1cc(C)cc(C#N)c1. The molecular weight excluding hydrogens is 1860 g/mol. The number of carbonyl (C=O) groups excluding carboxylic acids is 1. The van der Waals surface area contributed by atoms with Crippen LogP contribution in [0.2, 0.25) is 31.0 Å². The van der Waals surface area contributed by atoms with Gasteiger partial charge < -0.3 is 57.2 Å². The van der Waals surface area contributed by atoms with Crippen molar-refractivity contribution in [2.45, 2.75) is 121 Å². The van der Waals surface area contributed by atoms with Gasteiger partial charge in [0.25, 0.3) is 5.56 Å². The maximum atomic E-state index is 12.7. The van der Waals surface area contributed by atoms with Crippen molar-refractivity contribution in [2.75, 3.05) is 71.1 Å². The normalized spacial score (nSPS) is 12.6. The van der Waals surface area contributed by atoms with Gasteiger partial charge in [-0.15, -0.1) is 0 Å². The van der Waals surface area contributed by atoms with Crippen LogP contribution in [0.3, 0.4) is 0 Å². The Morgan fingerprint density at radius 3 is 1.21 bits per heavy atom.